The monoisotopic (exact) mass is 259 g/mol. The molecule has 3 aromatic rings. The number of anilines is 1. The Morgan fingerprint density at radius 2 is 2.11 bits per heavy atom. The fourth-order valence-electron chi connectivity index (χ4n) is 1.88. The first-order chi connectivity index (χ1) is 8.74. The predicted molar refractivity (Wildman–Crippen MR) is 72.7 cm³/mol. The van der Waals surface area contributed by atoms with Gasteiger partial charge >= 0.3 is 0 Å². The lowest BCUT2D eigenvalue weighted by atomic mass is 10.3. The molecular weight excluding hydrogens is 246 g/mol. The molecule has 0 bridgehead atoms. The molecule has 6 heteroatoms. The Kier molecular flexibility index (Phi) is 2.71. The van der Waals surface area contributed by atoms with E-state index in [-0.39, 0.29) is 0 Å². The second-order valence-electron chi connectivity index (χ2n) is 4.06. The maximum Gasteiger partial charge on any atom is 0.206 e. The molecule has 1 aromatic carbocycles. The zero-order valence-corrected chi connectivity index (χ0v) is 11.0. The summed E-state index contributed by atoms with van der Waals surface area (Å²) in [4.78, 5) is 4.59. The Hall–Kier alpha value is -1.95. The average molecular weight is 259 g/mol. The van der Waals surface area contributed by atoms with E-state index < -0.39 is 0 Å². The van der Waals surface area contributed by atoms with Crippen LogP contribution in [0.5, 0.6) is 0 Å². The highest BCUT2D eigenvalue weighted by molar-refractivity contribution is 7.15. The van der Waals surface area contributed by atoms with Crippen LogP contribution in [0.15, 0.2) is 24.3 Å². The van der Waals surface area contributed by atoms with E-state index in [1.54, 1.807) is 11.3 Å². The molecule has 0 saturated heterocycles. The molecule has 0 fully saturated rings. The van der Waals surface area contributed by atoms with Gasteiger partial charge < -0.3 is 9.88 Å². The molecule has 3 rings (SSSR count). The summed E-state index contributed by atoms with van der Waals surface area (Å²) in [7, 11) is 2.03. The van der Waals surface area contributed by atoms with Crippen LogP contribution in [0.25, 0.3) is 11.0 Å². The summed E-state index contributed by atoms with van der Waals surface area (Å²) < 4.78 is 2.09. The lowest BCUT2D eigenvalue weighted by molar-refractivity contribution is 0.832. The second kappa shape index (κ2) is 4.38. The molecule has 0 spiro atoms. The molecule has 0 atom stereocenters. The topological polar surface area (TPSA) is 55.6 Å². The number of imidazole rings is 1. The summed E-state index contributed by atoms with van der Waals surface area (Å²) in [5.74, 6) is 0.990. The van der Waals surface area contributed by atoms with Gasteiger partial charge in [0.05, 0.1) is 17.6 Å². The van der Waals surface area contributed by atoms with Crippen LogP contribution in [0, 0.1) is 6.92 Å². The van der Waals surface area contributed by atoms with Gasteiger partial charge in [-0.15, -0.1) is 10.2 Å². The number of nitrogens with zero attached hydrogens (tertiary/aromatic N) is 4. The van der Waals surface area contributed by atoms with Crippen molar-refractivity contribution in [2.45, 2.75) is 13.5 Å². The van der Waals surface area contributed by atoms with Crippen LogP contribution in [0.1, 0.15) is 10.8 Å². The summed E-state index contributed by atoms with van der Waals surface area (Å²) in [5, 5.41) is 13.0. The molecule has 0 aliphatic carbocycles. The van der Waals surface area contributed by atoms with Crippen molar-refractivity contribution in [3.05, 3.63) is 35.1 Å². The van der Waals surface area contributed by atoms with E-state index in [4.69, 9.17) is 0 Å². The molecule has 0 saturated carbocycles. The fourth-order valence-corrected chi connectivity index (χ4v) is 2.46. The van der Waals surface area contributed by atoms with Crippen molar-refractivity contribution in [2.75, 3.05) is 5.32 Å². The van der Waals surface area contributed by atoms with Gasteiger partial charge in [-0.2, -0.15) is 0 Å². The largest absolute Gasteiger partial charge is 0.353 e. The predicted octanol–water partition coefficient (Wildman–Crippen LogP) is 2.35. The summed E-state index contributed by atoms with van der Waals surface area (Å²) >= 11 is 1.55. The van der Waals surface area contributed by atoms with Gasteiger partial charge in [0.25, 0.3) is 0 Å². The number of aryl methyl sites for hydroxylation is 2. The zero-order valence-electron chi connectivity index (χ0n) is 10.2. The highest BCUT2D eigenvalue weighted by Crippen LogP contribution is 2.17. The molecule has 0 unspecified atom stereocenters. The Balaban J connectivity index is 1.84. The van der Waals surface area contributed by atoms with Crippen LogP contribution in [0.4, 0.5) is 5.13 Å². The molecule has 92 valence electrons. The van der Waals surface area contributed by atoms with Crippen molar-refractivity contribution < 1.29 is 0 Å². The highest BCUT2D eigenvalue weighted by atomic mass is 32.1. The number of benzene rings is 1. The molecule has 2 heterocycles. The average Bonchev–Trinajstić information content (AvgIpc) is 2.92. The SMILES string of the molecule is Cc1nnc(NCc2nc3ccccc3n2C)s1. The molecule has 0 aliphatic rings. The van der Waals surface area contributed by atoms with Gasteiger partial charge in [0, 0.05) is 7.05 Å². The van der Waals surface area contributed by atoms with Gasteiger partial charge in [-0.05, 0) is 19.1 Å². The van der Waals surface area contributed by atoms with Gasteiger partial charge in [0.15, 0.2) is 0 Å². The summed E-state index contributed by atoms with van der Waals surface area (Å²) in [6, 6.07) is 8.12. The third-order valence-corrected chi connectivity index (χ3v) is 3.60. The number of hydrogen-bond donors (Lipinski definition) is 1. The number of aromatic nitrogens is 4. The van der Waals surface area contributed by atoms with Crippen molar-refractivity contribution in [3.8, 4) is 0 Å². The van der Waals surface area contributed by atoms with E-state index in [9.17, 15) is 0 Å². The molecule has 5 nitrogen and oxygen atoms in total. The number of nitrogens with one attached hydrogen (secondary N) is 1. The van der Waals surface area contributed by atoms with Crippen molar-refractivity contribution in [1.29, 1.82) is 0 Å². The molecular formula is C12H13N5S. The normalized spacial score (nSPS) is 11.0. The lowest BCUT2D eigenvalue weighted by Crippen LogP contribution is -2.05. The van der Waals surface area contributed by atoms with E-state index in [0.717, 1.165) is 27.0 Å². The van der Waals surface area contributed by atoms with Gasteiger partial charge in [0.1, 0.15) is 10.8 Å². The van der Waals surface area contributed by atoms with Crippen LogP contribution in [-0.2, 0) is 13.6 Å². The van der Waals surface area contributed by atoms with Gasteiger partial charge in [-0.25, -0.2) is 4.98 Å². The van der Waals surface area contributed by atoms with Crippen molar-refractivity contribution in [3.63, 3.8) is 0 Å². The summed E-state index contributed by atoms with van der Waals surface area (Å²) in [5.41, 5.74) is 2.16. The summed E-state index contributed by atoms with van der Waals surface area (Å²) in [6.07, 6.45) is 0. The molecule has 0 amide bonds. The molecule has 18 heavy (non-hydrogen) atoms. The Labute approximate surface area is 109 Å². The van der Waals surface area contributed by atoms with E-state index in [2.05, 4.69) is 31.1 Å². The van der Waals surface area contributed by atoms with Crippen LogP contribution in [-0.4, -0.2) is 19.7 Å². The quantitative estimate of drug-likeness (QED) is 0.784. The minimum absolute atomic E-state index is 0.653. The summed E-state index contributed by atoms with van der Waals surface area (Å²) in [6.45, 7) is 2.59. The third kappa shape index (κ3) is 1.95. The smallest absolute Gasteiger partial charge is 0.206 e. The minimum atomic E-state index is 0.653. The molecule has 2 aromatic heterocycles. The van der Waals surface area contributed by atoms with Crippen LogP contribution in [0.3, 0.4) is 0 Å². The first-order valence-electron chi connectivity index (χ1n) is 5.68. The standard InChI is InChI=1S/C12H13N5S/c1-8-15-16-12(18-8)13-7-11-14-9-5-3-4-6-10(9)17(11)2/h3-6H,7H2,1-2H3,(H,13,16). The minimum Gasteiger partial charge on any atom is -0.353 e. The third-order valence-electron chi connectivity index (χ3n) is 2.80. The van der Waals surface area contributed by atoms with Crippen LogP contribution < -0.4 is 5.32 Å². The number of fused-ring (bicyclic) bond motifs is 1. The maximum atomic E-state index is 4.59. The Bertz CT molecular complexity index is 685. The number of para-hydroxylation sites is 2. The Morgan fingerprint density at radius 3 is 2.83 bits per heavy atom. The number of rotatable bonds is 3. The lowest BCUT2D eigenvalue weighted by Gasteiger charge is -2.02. The first kappa shape index (κ1) is 11.2. The van der Waals surface area contributed by atoms with E-state index in [1.165, 1.54) is 0 Å². The molecule has 0 aliphatic heterocycles. The van der Waals surface area contributed by atoms with Crippen molar-refractivity contribution >= 4 is 27.5 Å². The maximum absolute atomic E-state index is 4.59. The van der Waals surface area contributed by atoms with E-state index in [0.29, 0.717) is 6.54 Å². The Morgan fingerprint density at radius 1 is 1.28 bits per heavy atom. The first-order valence-corrected chi connectivity index (χ1v) is 6.50. The van der Waals surface area contributed by atoms with Gasteiger partial charge in [0.2, 0.25) is 5.13 Å². The van der Waals surface area contributed by atoms with E-state index >= 15 is 0 Å². The van der Waals surface area contributed by atoms with Gasteiger partial charge in [-0.1, -0.05) is 23.5 Å². The zero-order chi connectivity index (χ0) is 12.5. The fraction of sp³-hybridized carbons (Fsp3) is 0.250. The van der Waals surface area contributed by atoms with Gasteiger partial charge in [-0.3, -0.25) is 0 Å². The highest BCUT2D eigenvalue weighted by Gasteiger charge is 2.07. The van der Waals surface area contributed by atoms with Crippen molar-refractivity contribution in [2.24, 2.45) is 7.05 Å². The van der Waals surface area contributed by atoms with E-state index in [1.807, 2.05) is 32.2 Å². The molecule has 0 radical (unpaired) electrons. The molecule has 1 N–H and O–H groups in total. The number of hydrogen-bond acceptors (Lipinski definition) is 5. The van der Waals surface area contributed by atoms with Crippen LogP contribution >= 0.6 is 11.3 Å². The van der Waals surface area contributed by atoms with Crippen LogP contribution in [0.2, 0.25) is 0 Å². The van der Waals surface area contributed by atoms with Crippen molar-refractivity contribution in [1.82, 2.24) is 19.7 Å². The second-order valence-corrected chi connectivity index (χ2v) is 5.24.